The predicted octanol–water partition coefficient (Wildman–Crippen LogP) is 4.22. The van der Waals surface area contributed by atoms with Gasteiger partial charge in [-0.25, -0.2) is 4.79 Å². The quantitative estimate of drug-likeness (QED) is 0.674. The topological polar surface area (TPSA) is 34.5 Å². The minimum Gasteiger partial charge on any atom is -0.465 e. The molecule has 0 N–H and O–H groups in total. The van der Waals surface area contributed by atoms with Crippen molar-refractivity contribution in [2.75, 3.05) is 21.2 Å². The van der Waals surface area contributed by atoms with Gasteiger partial charge in [-0.1, -0.05) is 18.2 Å². The summed E-state index contributed by atoms with van der Waals surface area (Å²) in [5, 5.41) is 2.45. The fraction of sp³-hybridized carbons (Fsp3) is 0.350. The number of fused-ring (bicyclic) bond motifs is 3. The van der Waals surface area contributed by atoms with Gasteiger partial charge in [0.25, 0.3) is 0 Å². The van der Waals surface area contributed by atoms with Crippen molar-refractivity contribution in [2.24, 2.45) is 0 Å². The molecule has 0 radical (unpaired) electrons. The number of methoxy groups -OCH3 is 1. The lowest BCUT2D eigenvalue weighted by molar-refractivity contribution is 0.0601. The van der Waals surface area contributed by atoms with Crippen LogP contribution >= 0.6 is 0 Å². The van der Waals surface area contributed by atoms with Gasteiger partial charge >= 0.3 is 5.97 Å². The summed E-state index contributed by atoms with van der Waals surface area (Å²) in [6, 6.07) is 12.6. The molecule has 24 heavy (non-hydrogen) atoms. The van der Waals surface area contributed by atoms with Crippen molar-refractivity contribution < 1.29 is 9.53 Å². The van der Waals surface area contributed by atoms with Crippen LogP contribution in [-0.2, 0) is 11.3 Å². The van der Waals surface area contributed by atoms with Crippen LogP contribution in [0.1, 0.15) is 35.8 Å². The normalized spacial score (nSPS) is 11.8. The maximum atomic E-state index is 11.9. The highest BCUT2D eigenvalue weighted by molar-refractivity contribution is 6.11. The summed E-state index contributed by atoms with van der Waals surface area (Å²) >= 11 is 0. The Kier molecular flexibility index (Phi) is 4.33. The first-order valence-electron chi connectivity index (χ1n) is 8.22. The van der Waals surface area contributed by atoms with Crippen LogP contribution in [0.2, 0.25) is 0 Å². The molecule has 0 spiro atoms. The predicted molar refractivity (Wildman–Crippen MR) is 98.6 cm³/mol. The molecule has 2 aromatic carbocycles. The number of esters is 1. The summed E-state index contributed by atoms with van der Waals surface area (Å²) in [6.07, 6.45) is 0. The molecule has 0 aliphatic carbocycles. The third-order valence-corrected chi connectivity index (χ3v) is 4.34. The van der Waals surface area contributed by atoms with Gasteiger partial charge in [-0.05, 0) is 51.7 Å². The lowest BCUT2D eigenvalue weighted by Crippen LogP contribution is -2.10. The monoisotopic (exact) mass is 324 g/mol. The average Bonchev–Trinajstić information content (AvgIpc) is 2.88. The molecule has 0 saturated carbocycles. The van der Waals surface area contributed by atoms with Gasteiger partial charge in [0.15, 0.2) is 0 Å². The van der Waals surface area contributed by atoms with E-state index in [9.17, 15) is 4.79 Å². The second kappa shape index (κ2) is 6.29. The van der Waals surface area contributed by atoms with E-state index in [4.69, 9.17) is 4.74 Å². The average molecular weight is 324 g/mol. The zero-order valence-electron chi connectivity index (χ0n) is 15.0. The SMILES string of the molecule is COC(=O)c1ccc2c3c(CN(C)C)cccc3n(C(C)C)c2c1. The largest absolute Gasteiger partial charge is 0.465 e. The van der Waals surface area contributed by atoms with Gasteiger partial charge < -0.3 is 14.2 Å². The standard InChI is InChI=1S/C20H24N2O2/c1-13(2)22-17-8-6-7-15(12-21(3)4)19(17)16-10-9-14(11-18(16)22)20(23)24-5/h6-11,13H,12H2,1-5H3. The fourth-order valence-electron chi connectivity index (χ4n) is 3.44. The van der Waals surface area contributed by atoms with Crippen LogP contribution in [0, 0.1) is 0 Å². The highest BCUT2D eigenvalue weighted by Gasteiger charge is 2.17. The molecular formula is C20H24N2O2. The first-order chi connectivity index (χ1) is 11.4. The van der Waals surface area contributed by atoms with Crippen molar-refractivity contribution >= 4 is 27.8 Å². The van der Waals surface area contributed by atoms with E-state index in [1.54, 1.807) is 0 Å². The van der Waals surface area contributed by atoms with Crippen LogP contribution in [0.15, 0.2) is 36.4 Å². The van der Waals surface area contributed by atoms with Crippen LogP contribution in [0.25, 0.3) is 21.8 Å². The summed E-state index contributed by atoms with van der Waals surface area (Å²) in [7, 11) is 5.57. The Labute approximate surface area is 142 Å². The van der Waals surface area contributed by atoms with E-state index in [0.29, 0.717) is 11.6 Å². The molecule has 3 rings (SSSR count). The Morgan fingerprint density at radius 2 is 1.92 bits per heavy atom. The molecule has 0 amide bonds. The number of hydrogen-bond acceptors (Lipinski definition) is 3. The van der Waals surface area contributed by atoms with E-state index in [1.165, 1.54) is 29.0 Å². The molecule has 1 heterocycles. The Balaban J connectivity index is 2.39. The first kappa shape index (κ1) is 16.5. The number of hydrogen-bond donors (Lipinski definition) is 0. The Hall–Kier alpha value is -2.33. The van der Waals surface area contributed by atoms with Gasteiger partial charge in [0, 0.05) is 28.9 Å². The van der Waals surface area contributed by atoms with Crippen LogP contribution in [0.5, 0.6) is 0 Å². The summed E-state index contributed by atoms with van der Waals surface area (Å²) in [4.78, 5) is 14.1. The molecule has 126 valence electrons. The van der Waals surface area contributed by atoms with Gasteiger partial charge in [0.1, 0.15) is 0 Å². The molecule has 0 unspecified atom stereocenters. The lowest BCUT2D eigenvalue weighted by atomic mass is 10.0. The minimum atomic E-state index is -0.300. The summed E-state index contributed by atoms with van der Waals surface area (Å²) < 4.78 is 7.18. The van der Waals surface area contributed by atoms with E-state index >= 15 is 0 Å². The van der Waals surface area contributed by atoms with E-state index in [0.717, 1.165) is 12.1 Å². The number of rotatable bonds is 4. The highest BCUT2D eigenvalue weighted by Crippen LogP contribution is 2.35. The van der Waals surface area contributed by atoms with Crippen molar-refractivity contribution in [3.05, 3.63) is 47.5 Å². The number of carbonyl (C=O) groups excluding carboxylic acids is 1. The summed E-state index contributed by atoms with van der Waals surface area (Å²) in [5.41, 5.74) is 4.17. The number of nitrogens with zero attached hydrogens (tertiary/aromatic N) is 2. The summed E-state index contributed by atoms with van der Waals surface area (Å²) in [6.45, 7) is 5.22. The molecule has 0 aliphatic heterocycles. The Morgan fingerprint density at radius 3 is 2.54 bits per heavy atom. The summed E-state index contributed by atoms with van der Waals surface area (Å²) in [5.74, 6) is -0.300. The van der Waals surface area contributed by atoms with Gasteiger partial charge in [-0.2, -0.15) is 0 Å². The number of carbonyl (C=O) groups is 1. The number of aromatic nitrogens is 1. The Bertz CT molecular complexity index is 907. The fourth-order valence-corrected chi connectivity index (χ4v) is 3.44. The van der Waals surface area contributed by atoms with Crippen molar-refractivity contribution in [3.8, 4) is 0 Å². The first-order valence-corrected chi connectivity index (χ1v) is 8.22. The number of ether oxygens (including phenoxy) is 1. The number of benzene rings is 2. The van der Waals surface area contributed by atoms with Crippen molar-refractivity contribution in [3.63, 3.8) is 0 Å². The highest BCUT2D eigenvalue weighted by atomic mass is 16.5. The van der Waals surface area contributed by atoms with E-state index in [2.05, 4.69) is 55.6 Å². The van der Waals surface area contributed by atoms with Crippen LogP contribution in [0.4, 0.5) is 0 Å². The molecule has 0 bridgehead atoms. The third kappa shape index (κ3) is 2.67. The molecule has 4 heteroatoms. The molecule has 3 aromatic rings. The second-order valence-corrected chi connectivity index (χ2v) is 6.74. The van der Waals surface area contributed by atoms with Crippen LogP contribution in [0.3, 0.4) is 0 Å². The third-order valence-electron chi connectivity index (χ3n) is 4.34. The maximum absolute atomic E-state index is 11.9. The van der Waals surface area contributed by atoms with Gasteiger partial charge in [-0.15, -0.1) is 0 Å². The van der Waals surface area contributed by atoms with Crippen LogP contribution < -0.4 is 0 Å². The lowest BCUT2D eigenvalue weighted by Gasteiger charge is -2.13. The molecule has 4 nitrogen and oxygen atoms in total. The van der Waals surface area contributed by atoms with Crippen LogP contribution in [-0.4, -0.2) is 36.6 Å². The molecule has 0 fully saturated rings. The molecule has 0 saturated heterocycles. The van der Waals surface area contributed by atoms with Gasteiger partial charge in [0.2, 0.25) is 0 Å². The molecule has 0 aliphatic rings. The van der Waals surface area contributed by atoms with E-state index < -0.39 is 0 Å². The van der Waals surface area contributed by atoms with E-state index in [-0.39, 0.29) is 5.97 Å². The van der Waals surface area contributed by atoms with Crippen molar-refractivity contribution in [1.82, 2.24) is 9.47 Å². The molecule has 0 atom stereocenters. The van der Waals surface area contributed by atoms with Gasteiger partial charge in [-0.3, -0.25) is 0 Å². The molecule has 1 aromatic heterocycles. The van der Waals surface area contributed by atoms with E-state index in [1.807, 2.05) is 18.2 Å². The Morgan fingerprint density at radius 1 is 1.17 bits per heavy atom. The van der Waals surface area contributed by atoms with Gasteiger partial charge in [0.05, 0.1) is 18.2 Å². The minimum absolute atomic E-state index is 0.299. The molecular weight excluding hydrogens is 300 g/mol. The zero-order valence-corrected chi connectivity index (χ0v) is 15.0. The van der Waals surface area contributed by atoms with Crippen molar-refractivity contribution in [1.29, 1.82) is 0 Å². The van der Waals surface area contributed by atoms with Crippen molar-refractivity contribution in [2.45, 2.75) is 26.4 Å². The smallest absolute Gasteiger partial charge is 0.337 e. The maximum Gasteiger partial charge on any atom is 0.337 e. The second-order valence-electron chi connectivity index (χ2n) is 6.74. The zero-order chi connectivity index (χ0) is 17.4.